The molecule has 0 heterocycles. The summed E-state index contributed by atoms with van der Waals surface area (Å²) < 4.78 is 0. The molecule has 0 fully saturated rings. The third kappa shape index (κ3) is 4.87. The number of benzene rings is 2. The molecule has 6 heteroatoms. The third-order valence-corrected chi connectivity index (χ3v) is 4.23. The summed E-state index contributed by atoms with van der Waals surface area (Å²) in [6, 6.07) is 15.8. The topological polar surface area (TPSA) is 75.5 Å². The molecular weight excluding hydrogens is 318 g/mol. The van der Waals surface area contributed by atoms with E-state index in [0.717, 1.165) is 18.7 Å². The van der Waals surface area contributed by atoms with Crippen LogP contribution in [0, 0.1) is 10.1 Å². The zero-order chi connectivity index (χ0) is 18.2. The number of nitrogens with one attached hydrogen (secondary N) is 1. The number of nitro benzene ring substituents is 1. The van der Waals surface area contributed by atoms with Crippen LogP contribution in [0.5, 0.6) is 0 Å². The predicted molar refractivity (Wildman–Crippen MR) is 97.5 cm³/mol. The highest BCUT2D eigenvalue weighted by Crippen LogP contribution is 2.20. The lowest BCUT2D eigenvalue weighted by Crippen LogP contribution is -2.38. The van der Waals surface area contributed by atoms with Crippen molar-refractivity contribution in [3.05, 3.63) is 75.8 Å². The summed E-state index contributed by atoms with van der Waals surface area (Å²) in [5.41, 5.74) is 1.54. The summed E-state index contributed by atoms with van der Waals surface area (Å²) in [4.78, 5) is 24.9. The summed E-state index contributed by atoms with van der Waals surface area (Å²) in [5, 5.41) is 13.6. The molecular formula is C19H23N3O3. The first-order valence-electron chi connectivity index (χ1n) is 8.38. The van der Waals surface area contributed by atoms with Crippen LogP contribution in [-0.4, -0.2) is 35.4 Å². The summed E-state index contributed by atoms with van der Waals surface area (Å²) in [5.74, 6) is -0.233. The maximum absolute atomic E-state index is 12.4. The van der Waals surface area contributed by atoms with E-state index in [9.17, 15) is 14.9 Å². The first-order valence-corrected chi connectivity index (χ1v) is 8.38. The summed E-state index contributed by atoms with van der Waals surface area (Å²) in [7, 11) is 0. The lowest BCUT2D eigenvalue weighted by atomic mass is 10.0. The summed E-state index contributed by atoms with van der Waals surface area (Å²) >= 11 is 0. The van der Waals surface area contributed by atoms with E-state index in [1.165, 1.54) is 24.3 Å². The Morgan fingerprint density at radius 1 is 1.08 bits per heavy atom. The molecule has 0 unspecified atom stereocenters. The lowest BCUT2D eigenvalue weighted by Gasteiger charge is -2.30. The van der Waals surface area contributed by atoms with Gasteiger partial charge < -0.3 is 5.32 Å². The van der Waals surface area contributed by atoms with Gasteiger partial charge in [-0.05, 0) is 30.8 Å². The van der Waals surface area contributed by atoms with Crippen LogP contribution >= 0.6 is 0 Å². The fraction of sp³-hybridized carbons (Fsp3) is 0.316. The second-order valence-corrected chi connectivity index (χ2v) is 5.66. The highest BCUT2D eigenvalue weighted by Gasteiger charge is 2.19. The van der Waals surface area contributed by atoms with E-state index in [0.29, 0.717) is 12.1 Å². The Morgan fingerprint density at radius 2 is 1.68 bits per heavy atom. The van der Waals surface area contributed by atoms with Crippen molar-refractivity contribution in [1.82, 2.24) is 10.2 Å². The molecule has 2 aromatic carbocycles. The Hall–Kier alpha value is -2.73. The van der Waals surface area contributed by atoms with Gasteiger partial charge in [0, 0.05) is 24.2 Å². The van der Waals surface area contributed by atoms with Gasteiger partial charge in [0.05, 0.1) is 11.0 Å². The Bertz CT molecular complexity index is 698. The molecule has 0 aliphatic rings. The smallest absolute Gasteiger partial charge is 0.269 e. The zero-order valence-corrected chi connectivity index (χ0v) is 14.5. The van der Waals surface area contributed by atoms with Crippen molar-refractivity contribution < 1.29 is 9.72 Å². The maximum atomic E-state index is 12.4. The Balaban J connectivity index is 2.09. The average molecular weight is 341 g/mol. The number of nitro groups is 1. The second-order valence-electron chi connectivity index (χ2n) is 5.66. The average Bonchev–Trinajstić information content (AvgIpc) is 2.65. The number of carbonyl (C=O) groups is 1. The number of likely N-dealkylation sites (N-methyl/N-ethyl adjacent to an activating group) is 1. The van der Waals surface area contributed by atoms with Gasteiger partial charge in [0.1, 0.15) is 0 Å². The third-order valence-electron chi connectivity index (χ3n) is 4.23. The highest BCUT2D eigenvalue weighted by atomic mass is 16.6. The minimum atomic E-state index is -0.479. The molecule has 25 heavy (non-hydrogen) atoms. The number of hydrogen-bond acceptors (Lipinski definition) is 4. The van der Waals surface area contributed by atoms with Crippen molar-refractivity contribution in [3.63, 3.8) is 0 Å². The minimum Gasteiger partial charge on any atom is -0.350 e. The number of amides is 1. The van der Waals surface area contributed by atoms with E-state index in [-0.39, 0.29) is 17.6 Å². The molecule has 0 saturated carbocycles. The van der Waals surface area contributed by atoms with Crippen molar-refractivity contribution >= 4 is 11.6 Å². The van der Waals surface area contributed by atoms with Crippen LogP contribution in [0.3, 0.4) is 0 Å². The van der Waals surface area contributed by atoms with Crippen molar-refractivity contribution in [2.24, 2.45) is 0 Å². The molecule has 132 valence electrons. The first kappa shape index (κ1) is 18.6. The molecule has 0 bridgehead atoms. The van der Waals surface area contributed by atoms with Gasteiger partial charge in [0.2, 0.25) is 0 Å². The molecule has 0 aromatic heterocycles. The molecule has 1 amide bonds. The molecule has 0 saturated heterocycles. The van der Waals surface area contributed by atoms with E-state index < -0.39 is 4.92 Å². The lowest BCUT2D eigenvalue weighted by molar-refractivity contribution is -0.384. The van der Waals surface area contributed by atoms with Gasteiger partial charge >= 0.3 is 0 Å². The van der Waals surface area contributed by atoms with Crippen molar-refractivity contribution in [3.8, 4) is 0 Å². The fourth-order valence-electron chi connectivity index (χ4n) is 2.82. The van der Waals surface area contributed by atoms with Crippen molar-refractivity contribution in [1.29, 1.82) is 0 Å². The van der Waals surface area contributed by atoms with Gasteiger partial charge in [-0.2, -0.15) is 0 Å². The van der Waals surface area contributed by atoms with Crippen LogP contribution in [0.2, 0.25) is 0 Å². The maximum Gasteiger partial charge on any atom is 0.269 e. The van der Waals surface area contributed by atoms with Crippen LogP contribution in [0.25, 0.3) is 0 Å². The summed E-state index contributed by atoms with van der Waals surface area (Å²) in [6.45, 7) is 6.42. The standard InChI is InChI=1S/C19H23N3O3/c1-3-21(4-2)18(15-8-6-5-7-9-15)14-20-19(23)16-10-12-17(13-11-16)22(24)25/h5-13,18H,3-4,14H2,1-2H3,(H,20,23)/t18-/m0/s1. The van der Waals surface area contributed by atoms with Crippen LogP contribution in [0.4, 0.5) is 5.69 Å². The Kier molecular flexibility index (Phi) is 6.65. The largest absolute Gasteiger partial charge is 0.350 e. The SMILES string of the molecule is CCN(CC)[C@@H](CNC(=O)c1ccc([N+](=O)[O-])cc1)c1ccccc1. The quantitative estimate of drug-likeness (QED) is 0.590. The zero-order valence-electron chi connectivity index (χ0n) is 14.5. The second kappa shape index (κ2) is 8.94. The first-order chi connectivity index (χ1) is 12.1. The molecule has 6 nitrogen and oxygen atoms in total. The van der Waals surface area contributed by atoms with Crippen LogP contribution < -0.4 is 5.32 Å². The Morgan fingerprint density at radius 3 is 2.20 bits per heavy atom. The van der Waals surface area contributed by atoms with Crippen molar-refractivity contribution in [2.45, 2.75) is 19.9 Å². The summed E-state index contributed by atoms with van der Waals surface area (Å²) in [6.07, 6.45) is 0. The van der Waals surface area contributed by atoms with Crippen LogP contribution in [-0.2, 0) is 0 Å². The van der Waals surface area contributed by atoms with Crippen LogP contribution in [0.1, 0.15) is 35.8 Å². The highest BCUT2D eigenvalue weighted by molar-refractivity contribution is 5.94. The Labute approximate surface area is 147 Å². The molecule has 2 aromatic rings. The molecule has 2 rings (SSSR count). The number of rotatable bonds is 8. The molecule has 1 atom stereocenters. The van der Waals surface area contributed by atoms with Gasteiger partial charge in [-0.3, -0.25) is 19.8 Å². The van der Waals surface area contributed by atoms with Crippen LogP contribution in [0.15, 0.2) is 54.6 Å². The number of hydrogen-bond donors (Lipinski definition) is 1. The monoisotopic (exact) mass is 341 g/mol. The predicted octanol–water partition coefficient (Wildman–Crippen LogP) is 3.41. The minimum absolute atomic E-state index is 0.0261. The van der Waals surface area contributed by atoms with Gasteiger partial charge in [-0.25, -0.2) is 0 Å². The van der Waals surface area contributed by atoms with E-state index in [4.69, 9.17) is 0 Å². The fourth-order valence-corrected chi connectivity index (χ4v) is 2.82. The molecule has 0 radical (unpaired) electrons. The molecule has 0 aliphatic carbocycles. The van der Waals surface area contributed by atoms with Gasteiger partial charge in [-0.15, -0.1) is 0 Å². The van der Waals surface area contributed by atoms with E-state index in [1.54, 1.807) is 0 Å². The van der Waals surface area contributed by atoms with E-state index >= 15 is 0 Å². The molecule has 0 spiro atoms. The normalized spacial score (nSPS) is 12.0. The van der Waals surface area contributed by atoms with Gasteiger partial charge in [-0.1, -0.05) is 44.2 Å². The number of non-ortho nitro benzene ring substituents is 1. The van der Waals surface area contributed by atoms with E-state index in [1.807, 2.05) is 18.2 Å². The van der Waals surface area contributed by atoms with Crippen molar-refractivity contribution in [2.75, 3.05) is 19.6 Å². The number of nitrogens with zero attached hydrogens (tertiary/aromatic N) is 2. The van der Waals surface area contributed by atoms with Gasteiger partial charge in [0.25, 0.3) is 11.6 Å². The van der Waals surface area contributed by atoms with E-state index in [2.05, 4.69) is 36.2 Å². The molecule has 1 N–H and O–H groups in total. The van der Waals surface area contributed by atoms with Gasteiger partial charge in [0.15, 0.2) is 0 Å². The molecule has 0 aliphatic heterocycles. The number of carbonyl (C=O) groups excluding carboxylic acids is 1.